The maximum absolute atomic E-state index is 12.9. The number of nitro groups is 1. The summed E-state index contributed by atoms with van der Waals surface area (Å²) in [6.07, 6.45) is 6.75. The van der Waals surface area contributed by atoms with Gasteiger partial charge in [-0.2, -0.15) is 0 Å². The van der Waals surface area contributed by atoms with E-state index in [1.165, 1.54) is 12.1 Å². The third kappa shape index (κ3) is 4.35. The second-order valence-electron chi connectivity index (χ2n) is 7.36. The molecule has 3 rings (SSSR count). The molecule has 0 radical (unpaired) electrons. The van der Waals surface area contributed by atoms with E-state index in [1.54, 1.807) is 37.5 Å². The van der Waals surface area contributed by atoms with E-state index in [-0.39, 0.29) is 11.5 Å². The van der Waals surface area contributed by atoms with Crippen LogP contribution in [0, 0.1) is 10.1 Å². The normalized spacial score (nSPS) is 14.1. The summed E-state index contributed by atoms with van der Waals surface area (Å²) in [4.78, 5) is 23.8. The Hall–Kier alpha value is -3.61. The van der Waals surface area contributed by atoms with Gasteiger partial charge < -0.3 is 14.8 Å². The lowest BCUT2D eigenvalue weighted by molar-refractivity contribution is -0.384. The molecule has 0 fully saturated rings. The van der Waals surface area contributed by atoms with Crippen LogP contribution in [0.25, 0.3) is 12.2 Å². The summed E-state index contributed by atoms with van der Waals surface area (Å²) in [5.41, 5.74) is 1.52. The highest BCUT2D eigenvalue weighted by Gasteiger charge is 2.27. The first kappa shape index (κ1) is 21.1. The van der Waals surface area contributed by atoms with Crippen LogP contribution in [-0.4, -0.2) is 30.0 Å². The average Bonchev–Trinajstić information content (AvgIpc) is 2.71. The Labute approximate surface area is 175 Å². The van der Waals surface area contributed by atoms with E-state index in [9.17, 15) is 14.9 Å². The molecule has 0 spiro atoms. The zero-order valence-electron chi connectivity index (χ0n) is 17.4. The van der Waals surface area contributed by atoms with Gasteiger partial charge in [0.05, 0.1) is 23.2 Å². The molecule has 2 aromatic carbocycles. The minimum Gasteiger partial charge on any atom is -0.496 e. The number of methoxy groups -OCH3 is 1. The third-order valence-corrected chi connectivity index (χ3v) is 4.67. The number of benzene rings is 2. The number of hydrogen-bond donors (Lipinski definition) is 1. The first-order chi connectivity index (χ1) is 14.3. The van der Waals surface area contributed by atoms with Gasteiger partial charge in [-0.3, -0.25) is 14.9 Å². The van der Waals surface area contributed by atoms with Crippen LogP contribution in [0.2, 0.25) is 0 Å². The van der Waals surface area contributed by atoms with Crippen LogP contribution in [0.1, 0.15) is 42.3 Å². The molecule has 1 heterocycles. The van der Waals surface area contributed by atoms with Crippen LogP contribution < -0.4 is 14.8 Å². The highest BCUT2D eigenvalue weighted by Crippen LogP contribution is 2.40. The van der Waals surface area contributed by atoms with E-state index in [4.69, 9.17) is 9.47 Å². The Morgan fingerprint density at radius 3 is 2.73 bits per heavy atom. The van der Waals surface area contributed by atoms with E-state index in [0.717, 1.165) is 0 Å². The average molecular weight is 408 g/mol. The van der Waals surface area contributed by atoms with Gasteiger partial charge in [0.25, 0.3) is 5.69 Å². The van der Waals surface area contributed by atoms with Gasteiger partial charge in [-0.25, -0.2) is 0 Å². The smallest absolute Gasteiger partial charge is 0.292 e. The van der Waals surface area contributed by atoms with Gasteiger partial charge in [-0.05, 0) is 62.8 Å². The van der Waals surface area contributed by atoms with Crippen molar-refractivity contribution >= 4 is 29.3 Å². The van der Waals surface area contributed by atoms with Gasteiger partial charge in [0, 0.05) is 12.6 Å². The topological polar surface area (TPSA) is 90.7 Å². The molecular weight excluding hydrogens is 384 g/mol. The quantitative estimate of drug-likeness (QED) is 0.296. The molecule has 7 heteroatoms. The Morgan fingerprint density at radius 1 is 1.30 bits per heavy atom. The van der Waals surface area contributed by atoms with Crippen molar-refractivity contribution in [2.45, 2.75) is 26.4 Å². The predicted molar refractivity (Wildman–Crippen MR) is 117 cm³/mol. The number of nitro benzene ring substituents is 1. The van der Waals surface area contributed by atoms with Crippen molar-refractivity contribution in [3.8, 4) is 11.5 Å². The first-order valence-corrected chi connectivity index (χ1v) is 9.59. The van der Waals surface area contributed by atoms with Crippen molar-refractivity contribution in [2.75, 3.05) is 19.0 Å². The lowest BCUT2D eigenvalue weighted by atomic mass is 9.97. The molecule has 7 nitrogen and oxygen atoms in total. The number of carbonyl (C=O) groups is 1. The lowest BCUT2D eigenvalue weighted by Crippen LogP contribution is -2.28. The van der Waals surface area contributed by atoms with Crippen molar-refractivity contribution in [3.05, 3.63) is 69.3 Å². The van der Waals surface area contributed by atoms with Gasteiger partial charge in [-0.15, -0.1) is 0 Å². The summed E-state index contributed by atoms with van der Waals surface area (Å²) in [7, 11) is 1.56. The van der Waals surface area contributed by atoms with E-state index in [1.807, 2.05) is 32.9 Å². The second-order valence-corrected chi connectivity index (χ2v) is 7.36. The zero-order valence-corrected chi connectivity index (χ0v) is 17.4. The van der Waals surface area contributed by atoms with Crippen molar-refractivity contribution in [3.63, 3.8) is 0 Å². The first-order valence-electron chi connectivity index (χ1n) is 9.59. The maximum Gasteiger partial charge on any atom is 0.292 e. The minimum atomic E-state index is -0.555. The number of anilines is 1. The van der Waals surface area contributed by atoms with Crippen LogP contribution in [0.3, 0.4) is 0 Å². The second kappa shape index (κ2) is 8.41. The van der Waals surface area contributed by atoms with E-state index in [0.29, 0.717) is 40.4 Å². The number of rotatable bonds is 7. The Kier molecular flexibility index (Phi) is 5.91. The van der Waals surface area contributed by atoms with Crippen LogP contribution in [0.4, 0.5) is 11.4 Å². The fourth-order valence-corrected chi connectivity index (χ4v) is 3.21. The molecule has 0 aliphatic carbocycles. The Bertz CT molecular complexity index is 1050. The molecule has 1 aliphatic heterocycles. The fraction of sp³-hybridized carbons (Fsp3) is 0.261. The third-order valence-electron chi connectivity index (χ3n) is 4.67. The summed E-state index contributed by atoms with van der Waals surface area (Å²) in [5, 5.41) is 14.3. The molecule has 1 aliphatic rings. The number of allylic oxidation sites excluding steroid dienone is 1. The summed E-state index contributed by atoms with van der Waals surface area (Å²) < 4.78 is 11.4. The van der Waals surface area contributed by atoms with Crippen molar-refractivity contribution < 1.29 is 19.2 Å². The summed E-state index contributed by atoms with van der Waals surface area (Å²) in [5.74, 6) is 0.815. The number of ether oxygens (including phenoxy) is 2. The van der Waals surface area contributed by atoms with Gasteiger partial charge in [0.15, 0.2) is 5.78 Å². The summed E-state index contributed by atoms with van der Waals surface area (Å²) in [6.45, 7) is 6.24. The van der Waals surface area contributed by atoms with Crippen LogP contribution >= 0.6 is 0 Å². The highest BCUT2D eigenvalue weighted by atomic mass is 16.6. The predicted octanol–water partition coefficient (Wildman–Crippen LogP) is 5.12. The number of fused-ring (bicyclic) bond motifs is 1. The van der Waals surface area contributed by atoms with Crippen molar-refractivity contribution in [1.29, 1.82) is 0 Å². The largest absolute Gasteiger partial charge is 0.496 e. The molecular formula is C23H24N2O5. The Morgan fingerprint density at radius 2 is 2.07 bits per heavy atom. The standard InChI is InChI=1S/C23H24N2O5/c1-5-24-18-9-6-15(14-19(18)25(27)28)7-10-20(26)16-8-11-21(29-4)17-12-13-23(2,3)30-22(16)17/h6-14,24H,5H2,1-4H3. The number of carbonyl (C=O) groups excluding carboxylic acids is 1. The van der Waals surface area contributed by atoms with Gasteiger partial charge in [0.2, 0.25) is 0 Å². The van der Waals surface area contributed by atoms with Gasteiger partial charge in [0.1, 0.15) is 22.8 Å². The van der Waals surface area contributed by atoms with E-state index >= 15 is 0 Å². The molecule has 0 amide bonds. The molecule has 1 N–H and O–H groups in total. The van der Waals surface area contributed by atoms with Crippen LogP contribution in [0.15, 0.2) is 42.5 Å². The maximum atomic E-state index is 12.9. The van der Waals surface area contributed by atoms with Crippen molar-refractivity contribution in [2.24, 2.45) is 0 Å². The molecule has 2 aromatic rings. The van der Waals surface area contributed by atoms with Crippen LogP contribution in [0.5, 0.6) is 11.5 Å². The van der Waals surface area contributed by atoms with Crippen LogP contribution in [-0.2, 0) is 0 Å². The zero-order chi connectivity index (χ0) is 21.9. The van der Waals surface area contributed by atoms with Crippen molar-refractivity contribution in [1.82, 2.24) is 0 Å². The van der Waals surface area contributed by atoms with E-state index < -0.39 is 10.5 Å². The fourth-order valence-electron chi connectivity index (χ4n) is 3.21. The monoisotopic (exact) mass is 408 g/mol. The van der Waals surface area contributed by atoms with E-state index in [2.05, 4.69) is 5.32 Å². The molecule has 0 aromatic heterocycles. The van der Waals surface area contributed by atoms with Gasteiger partial charge >= 0.3 is 0 Å². The number of hydrogen-bond acceptors (Lipinski definition) is 6. The number of nitrogens with one attached hydrogen (secondary N) is 1. The SMILES string of the molecule is CCNc1ccc(C=CC(=O)c2ccc(OC)c3c2OC(C)(C)C=C3)cc1[N+](=O)[O-]. The number of nitrogens with zero attached hydrogens (tertiary/aromatic N) is 1. The highest BCUT2D eigenvalue weighted by molar-refractivity contribution is 6.09. The summed E-state index contributed by atoms with van der Waals surface area (Å²) >= 11 is 0. The van der Waals surface area contributed by atoms with Gasteiger partial charge in [-0.1, -0.05) is 12.1 Å². The molecule has 156 valence electrons. The molecule has 0 atom stereocenters. The Balaban J connectivity index is 1.94. The molecule has 0 bridgehead atoms. The molecule has 0 saturated carbocycles. The molecule has 0 saturated heterocycles. The minimum absolute atomic E-state index is 0.0384. The summed E-state index contributed by atoms with van der Waals surface area (Å²) in [6, 6.07) is 8.18. The molecule has 30 heavy (non-hydrogen) atoms. The molecule has 0 unspecified atom stereocenters. The lowest BCUT2D eigenvalue weighted by Gasteiger charge is -2.29. The number of ketones is 1.